The third-order valence-corrected chi connectivity index (χ3v) is 4.63. The number of esters is 1. The van der Waals surface area contributed by atoms with E-state index in [1.165, 1.54) is 4.90 Å². The van der Waals surface area contributed by atoms with Gasteiger partial charge in [-0.05, 0) is 45.9 Å². The minimum atomic E-state index is -0.511. The van der Waals surface area contributed by atoms with E-state index in [4.69, 9.17) is 16.3 Å². The molecule has 1 heterocycles. The molecule has 2 aromatic rings. The topological polar surface area (TPSA) is 93.5 Å². The molecule has 152 valence electrons. The smallest absolute Gasteiger partial charge is 0.325 e. The Morgan fingerprint density at radius 1 is 1.32 bits per heavy atom. The van der Waals surface area contributed by atoms with Crippen molar-refractivity contribution in [2.24, 2.45) is 0 Å². The molecule has 8 nitrogen and oxygen atoms in total. The zero-order valence-corrected chi connectivity index (χ0v) is 17.2. The lowest BCUT2D eigenvalue weighted by Crippen LogP contribution is -2.45. The summed E-state index contributed by atoms with van der Waals surface area (Å²) in [6.45, 7) is 7.94. The lowest BCUT2D eigenvalue weighted by atomic mass is 10.2. The second kappa shape index (κ2) is 9.54. The Labute approximate surface area is 168 Å². The van der Waals surface area contributed by atoms with Gasteiger partial charge < -0.3 is 15.0 Å². The highest BCUT2D eigenvalue weighted by molar-refractivity contribution is 6.31. The van der Waals surface area contributed by atoms with Gasteiger partial charge in [-0.15, -0.1) is 0 Å². The van der Waals surface area contributed by atoms with Crippen LogP contribution in [-0.2, 0) is 16.1 Å². The monoisotopic (exact) mass is 408 g/mol. The second-order valence-electron chi connectivity index (χ2n) is 6.11. The van der Waals surface area contributed by atoms with Crippen LogP contribution in [0.25, 0.3) is 10.9 Å². The number of amides is 2. The van der Waals surface area contributed by atoms with Crippen LogP contribution in [0.15, 0.2) is 23.0 Å². The third-order valence-electron chi connectivity index (χ3n) is 4.40. The molecule has 0 aliphatic rings. The lowest BCUT2D eigenvalue weighted by Gasteiger charge is -2.29. The molecule has 0 aliphatic carbocycles. The second-order valence-corrected chi connectivity index (χ2v) is 6.54. The molecule has 28 heavy (non-hydrogen) atoms. The van der Waals surface area contributed by atoms with Gasteiger partial charge in [-0.25, -0.2) is 9.78 Å². The normalized spacial score (nSPS) is 11.9. The van der Waals surface area contributed by atoms with Crippen molar-refractivity contribution in [1.29, 1.82) is 0 Å². The van der Waals surface area contributed by atoms with Crippen LogP contribution >= 0.6 is 11.6 Å². The largest absolute Gasteiger partial charge is 0.465 e. The molecule has 0 fully saturated rings. The molecule has 0 radical (unpaired) electrons. The Bertz CT molecular complexity index is 928. The first kappa shape index (κ1) is 21.7. The summed E-state index contributed by atoms with van der Waals surface area (Å²) in [5.74, 6) is -0.0566. The number of urea groups is 1. The molecule has 0 saturated heterocycles. The molecule has 0 aliphatic heterocycles. The van der Waals surface area contributed by atoms with Crippen LogP contribution in [0.1, 0.15) is 39.6 Å². The number of nitrogens with one attached hydrogen (secondary N) is 1. The fourth-order valence-electron chi connectivity index (χ4n) is 3.03. The lowest BCUT2D eigenvalue weighted by molar-refractivity contribution is -0.141. The van der Waals surface area contributed by atoms with Crippen LogP contribution < -0.4 is 10.9 Å². The SMILES string of the molecule is CCOC(=O)CNC(=O)N(CC)C(C)c1nc2cc(Cl)ccc2c(=O)n1CC. The average molecular weight is 409 g/mol. The van der Waals surface area contributed by atoms with Crippen molar-refractivity contribution >= 4 is 34.5 Å². The molecule has 0 bridgehead atoms. The average Bonchev–Trinajstić information content (AvgIpc) is 2.66. The van der Waals surface area contributed by atoms with Crippen molar-refractivity contribution in [2.75, 3.05) is 19.7 Å². The van der Waals surface area contributed by atoms with Crippen LogP contribution in [0.5, 0.6) is 0 Å². The number of hydrogen-bond donors (Lipinski definition) is 1. The van der Waals surface area contributed by atoms with Gasteiger partial charge in [0.05, 0.1) is 23.6 Å². The first-order valence-electron chi connectivity index (χ1n) is 9.24. The number of nitrogens with zero attached hydrogens (tertiary/aromatic N) is 3. The molecule has 1 unspecified atom stereocenters. The highest BCUT2D eigenvalue weighted by Crippen LogP contribution is 2.21. The van der Waals surface area contributed by atoms with Crippen molar-refractivity contribution in [2.45, 2.75) is 40.3 Å². The predicted octanol–water partition coefficient (Wildman–Crippen LogP) is 2.73. The van der Waals surface area contributed by atoms with Crippen molar-refractivity contribution in [3.63, 3.8) is 0 Å². The van der Waals surface area contributed by atoms with Crippen LogP contribution in [0.2, 0.25) is 5.02 Å². The Morgan fingerprint density at radius 2 is 2.04 bits per heavy atom. The highest BCUT2D eigenvalue weighted by atomic mass is 35.5. The number of hydrogen-bond acceptors (Lipinski definition) is 5. The standard InChI is InChI=1S/C19H25ClN4O4/c1-5-23(19(27)21-11-16(25)28-7-3)12(4)17-22-15-10-13(20)8-9-14(15)18(26)24(17)6-2/h8-10,12H,5-7,11H2,1-4H3,(H,21,27). The maximum absolute atomic E-state index is 12.9. The van der Waals surface area contributed by atoms with Gasteiger partial charge in [0.25, 0.3) is 5.56 Å². The summed E-state index contributed by atoms with van der Waals surface area (Å²) < 4.78 is 6.36. The van der Waals surface area contributed by atoms with E-state index in [9.17, 15) is 14.4 Å². The predicted molar refractivity (Wildman–Crippen MR) is 108 cm³/mol. The third kappa shape index (κ3) is 4.62. The number of benzene rings is 1. The van der Waals surface area contributed by atoms with Gasteiger partial charge in [0.1, 0.15) is 12.4 Å². The maximum Gasteiger partial charge on any atom is 0.325 e. The molecule has 1 atom stereocenters. The van der Waals surface area contributed by atoms with Crippen LogP contribution in [0.3, 0.4) is 0 Å². The Balaban J connectivity index is 2.38. The fraction of sp³-hybridized carbons (Fsp3) is 0.474. The number of ether oxygens (including phenoxy) is 1. The molecule has 1 aromatic heterocycles. The van der Waals surface area contributed by atoms with Crippen LogP contribution in [-0.4, -0.2) is 46.1 Å². The van der Waals surface area contributed by atoms with E-state index in [2.05, 4.69) is 10.3 Å². The molecule has 1 N–H and O–H groups in total. The summed E-state index contributed by atoms with van der Waals surface area (Å²) >= 11 is 6.05. The molecular weight excluding hydrogens is 384 g/mol. The van der Waals surface area contributed by atoms with Gasteiger partial charge in [0.2, 0.25) is 0 Å². The van der Waals surface area contributed by atoms with Crippen molar-refractivity contribution in [1.82, 2.24) is 19.8 Å². The zero-order valence-electron chi connectivity index (χ0n) is 16.5. The Morgan fingerprint density at radius 3 is 2.64 bits per heavy atom. The minimum Gasteiger partial charge on any atom is -0.465 e. The van der Waals surface area contributed by atoms with Crippen LogP contribution in [0, 0.1) is 0 Å². The maximum atomic E-state index is 12.9. The van der Waals surface area contributed by atoms with E-state index < -0.39 is 18.0 Å². The summed E-state index contributed by atoms with van der Waals surface area (Å²) in [7, 11) is 0. The molecule has 0 saturated carbocycles. The number of aromatic nitrogens is 2. The van der Waals surface area contributed by atoms with Gasteiger partial charge in [-0.3, -0.25) is 14.2 Å². The van der Waals surface area contributed by atoms with Crippen LogP contribution in [0.4, 0.5) is 4.79 Å². The number of fused-ring (bicyclic) bond motifs is 1. The number of halogens is 1. The van der Waals surface area contributed by atoms with E-state index in [-0.39, 0.29) is 18.7 Å². The molecule has 9 heteroatoms. The fourth-order valence-corrected chi connectivity index (χ4v) is 3.20. The summed E-state index contributed by atoms with van der Waals surface area (Å²) in [4.78, 5) is 43.0. The zero-order chi connectivity index (χ0) is 20.8. The highest BCUT2D eigenvalue weighted by Gasteiger charge is 2.25. The number of rotatable bonds is 7. The summed E-state index contributed by atoms with van der Waals surface area (Å²) in [6.07, 6.45) is 0. The van der Waals surface area contributed by atoms with Crippen molar-refractivity contribution < 1.29 is 14.3 Å². The summed E-state index contributed by atoms with van der Waals surface area (Å²) in [5.41, 5.74) is 0.293. The molecule has 1 aromatic carbocycles. The first-order valence-corrected chi connectivity index (χ1v) is 9.61. The van der Waals surface area contributed by atoms with Gasteiger partial charge >= 0.3 is 12.0 Å². The van der Waals surface area contributed by atoms with E-state index in [0.717, 1.165) is 0 Å². The molecule has 2 amide bonds. The van der Waals surface area contributed by atoms with Crippen molar-refractivity contribution in [3.8, 4) is 0 Å². The minimum absolute atomic E-state index is 0.186. The Kier molecular flexibility index (Phi) is 7.39. The van der Waals surface area contributed by atoms with Gasteiger partial charge in [0.15, 0.2) is 0 Å². The van der Waals surface area contributed by atoms with Gasteiger partial charge in [0, 0.05) is 18.1 Å². The number of carbonyl (C=O) groups is 2. The van der Waals surface area contributed by atoms with Gasteiger partial charge in [-0.1, -0.05) is 11.6 Å². The quantitative estimate of drug-likeness (QED) is 0.711. The van der Waals surface area contributed by atoms with E-state index in [1.807, 2.05) is 13.8 Å². The molecular formula is C19H25ClN4O4. The molecule has 0 spiro atoms. The van der Waals surface area contributed by atoms with E-state index in [0.29, 0.717) is 34.8 Å². The summed E-state index contributed by atoms with van der Waals surface area (Å²) in [5, 5.41) is 3.49. The van der Waals surface area contributed by atoms with E-state index in [1.54, 1.807) is 36.6 Å². The van der Waals surface area contributed by atoms with Gasteiger partial charge in [-0.2, -0.15) is 0 Å². The Hall–Kier alpha value is -2.61. The first-order chi connectivity index (χ1) is 13.3. The number of carbonyl (C=O) groups excluding carboxylic acids is 2. The van der Waals surface area contributed by atoms with Crippen molar-refractivity contribution in [3.05, 3.63) is 39.4 Å². The molecule has 2 rings (SSSR count). The van der Waals surface area contributed by atoms with E-state index >= 15 is 0 Å². The summed E-state index contributed by atoms with van der Waals surface area (Å²) in [6, 6.07) is 3.99.